The summed E-state index contributed by atoms with van der Waals surface area (Å²) in [5.41, 5.74) is 12.1. The Morgan fingerprint density at radius 2 is 1.69 bits per heavy atom. The molecular weight excluding hydrogens is 513 g/mol. The first-order valence-electron chi connectivity index (χ1n) is 11.1. The van der Waals surface area contributed by atoms with Gasteiger partial charge in [0.1, 0.15) is 15.5 Å². The Morgan fingerprint density at radius 1 is 1.00 bits per heavy atom. The van der Waals surface area contributed by atoms with Crippen LogP contribution in [0.25, 0.3) is 32.6 Å². The number of nitrogen functional groups attached to an aromatic ring is 1. The Balaban J connectivity index is 1.66. The number of hydrogen-bond acceptors (Lipinski definition) is 5. The summed E-state index contributed by atoms with van der Waals surface area (Å²) >= 11 is 13.6. The number of nitrogens with one attached hydrogen (secondary N) is 1. The van der Waals surface area contributed by atoms with Gasteiger partial charge in [-0.05, 0) is 60.5 Å². The molecule has 180 valence electrons. The highest BCUT2D eigenvalue weighted by Crippen LogP contribution is 2.42. The monoisotopic (exact) mass is 533 g/mol. The number of rotatable bonds is 5. The second-order valence-electron chi connectivity index (χ2n) is 8.23. The number of pyridine rings is 1. The molecule has 0 radical (unpaired) electrons. The number of amides is 1. The second kappa shape index (κ2) is 9.82. The van der Waals surface area contributed by atoms with E-state index < -0.39 is 0 Å². The lowest BCUT2D eigenvalue weighted by atomic mass is 9.98. The predicted octanol–water partition coefficient (Wildman–Crippen LogP) is 8.09. The topological polar surface area (TPSA) is 77.2 Å². The number of anilines is 2. The van der Waals surface area contributed by atoms with E-state index in [1.54, 1.807) is 25.3 Å². The summed E-state index contributed by atoms with van der Waals surface area (Å²) in [5, 5.41) is 4.19. The van der Waals surface area contributed by atoms with Crippen LogP contribution in [0.4, 0.5) is 11.4 Å². The predicted molar refractivity (Wildman–Crippen MR) is 151 cm³/mol. The molecule has 36 heavy (non-hydrogen) atoms. The molecule has 0 fully saturated rings. The van der Waals surface area contributed by atoms with Crippen LogP contribution >= 0.6 is 34.5 Å². The average molecular weight is 534 g/mol. The maximum atomic E-state index is 13.3. The van der Waals surface area contributed by atoms with Crippen LogP contribution in [-0.2, 0) is 0 Å². The van der Waals surface area contributed by atoms with Gasteiger partial charge in [-0.2, -0.15) is 0 Å². The van der Waals surface area contributed by atoms with Crippen molar-refractivity contribution in [2.75, 3.05) is 18.2 Å². The molecule has 5 aromatic rings. The minimum atomic E-state index is -0.375. The summed E-state index contributed by atoms with van der Waals surface area (Å²) < 4.78 is 5.29. The zero-order chi connectivity index (χ0) is 25.4. The van der Waals surface area contributed by atoms with Crippen LogP contribution in [0.1, 0.15) is 15.2 Å². The third-order valence-corrected chi connectivity index (χ3v) is 7.77. The Bertz CT molecular complexity index is 1600. The number of thiophene rings is 1. The number of hydrogen-bond donors (Lipinski definition) is 2. The number of benzene rings is 3. The van der Waals surface area contributed by atoms with Gasteiger partial charge in [0.05, 0.1) is 34.2 Å². The molecular formula is C28H21Cl2N3O2S. The van der Waals surface area contributed by atoms with Gasteiger partial charge in [0.2, 0.25) is 0 Å². The fourth-order valence-electron chi connectivity index (χ4n) is 3.94. The van der Waals surface area contributed by atoms with E-state index in [1.165, 1.54) is 11.3 Å². The lowest BCUT2D eigenvalue weighted by Crippen LogP contribution is -2.12. The molecule has 8 heteroatoms. The van der Waals surface area contributed by atoms with E-state index in [0.29, 0.717) is 26.1 Å². The molecule has 3 aromatic carbocycles. The van der Waals surface area contributed by atoms with E-state index in [4.69, 9.17) is 38.7 Å². The van der Waals surface area contributed by atoms with Crippen molar-refractivity contribution >= 4 is 62.0 Å². The number of nitrogens with zero attached hydrogens (tertiary/aromatic N) is 1. The fraction of sp³-hybridized carbons (Fsp3) is 0.0714. The first kappa shape index (κ1) is 24.1. The summed E-state index contributed by atoms with van der Waals surface area (Å²) in [7, 11) is 1.63. The van der Waals surface area contributed by atoms with Crippen molar-refractivity contribution in [2.45, 2.75) is 6.92 Å². The molecule has 5 nitrogen and oxygen atoms in total. The molecule has 0 spiro atoms. The molecule has 0 unspecified atom stereocenters. The van der Waals surface area contributed by atoms with Gasteiger partial charge in [-0.3, -0.25) is 4.79 Å². The van der Waals surface area contributed by atoms with E-state index >= 15 is 0 Å². The molecule has 0 saturated carbocycles. The van der Waals surface area contributed by atoms with E-state index in [-0.39, 0.29) is 10.9 Å². The number of carbonyl (C=O) groups is 1. The highest BCUT2D eigenvalue weighted by atomic mass is 35.5. The summed E-state index contributed by atoms with van der Waals surface area (Å²) in [6.45, 7) is 2.04. The molecule has 0 saturated heterocycles. The van der Waals surface area contributed by atoms with Crippen LogP contribution in [0.15, 0.2) is 72.8 Å². The minimum Gasteiger partial charge on any atom is -0.497 e. The number of aromatic nitrogens is 1. The lowest BCUT2D eigenvalue weighted by Gasteiger charge is -2.10. The van der Waals surface area contributed by atoms with Gasteiger partial charge in [0.15, 0.2) is 0 Å². The number of aryl methyl sites for hydroxylation is 1. The fourth-order valence-corrected chi connectivity index (χ4v) is 5.30. The van der Waals surface area contributed by atoms with E-state index in [9.17, 15) is 4.79 Å². The molecule has 0 bridgehead atoms. The van der Waals surface area contributed by atoms with Crippen molar-refractivity contribution in [3.8, 4) is 28.1 Å². The molecule has 0 aliphatic carbocycles. The zero-order valence-electron chi connectivity index (χ0n) is 19.4. The number of carbonyl (C=O) groups excluding carboxylic acids is 1. The number of ether oxygens (including phenoxy) is 1. The van der Waals surface area contributed by atoms with Crippen molar-refractivity contribution in [3.63, 3.8) is 0 Å². The lowest BCUT2D eigenvalue weighted by molar-refractivity contribution is 0.103. The zero-order valence-corrected chi connectivity index (χ0v) is 21.8. The maximum Gasteiger partial charge on any atom is 0.267 e. The van der Waals surface area contributed by atoms with Crippen molar-refractivity contribution in [1.29, 1.82) is 0 Å². The Hall–Kier alpha value is -3.58. The van der Waals surface area contributed by atoms with Gasteiger partial charge in [0, 0.05) is 10.9 Å². The van der Waals surface area contributed by atoms with Crippen molar-refractivity contribution in [1.82, 2.24) is 4.98 Å². The van der Waals surface area contributed by atoms with Crippen LogP contribution in [0.3, 0.4) is 0 Å². The van der Waals surface area contributed by atoms with Gasteiger partial charge < -0.3 is 15.8 Å². The molecule has 5 rings (SSSR count). The van der Waals surface area contributed by atoms with Crippen LogP contribution in [0.5, 0.6) is 5.75 Å². The Morgan fingerprint density at radius 3 is 2.39 bits per heavy atom. The van der Waals surface area contributed by atoms with Crippen LogP contribution in [0, 0.1) is 6.92 Å². The standard InChI is InChI=1S/C28H21Cl2N3O2S/c1-15-6-8-16(9-7-15)19-14-22(17-10-12-18(35-2)13-11-17)33-28-23(19)25(31)26(36-28)27(34)32-21-5-3-4-20(29)24(21)30/h3-14H,31H2,1-2H3,(H,32,34). The third kappa shape index (κ3) is 4.51. The largest absolute Gasteiger partial charge is 0.497 e. The van der Waals surface area contributed by atoms with Crippen molar-refractivity contribution in [3.05, 3.63) is 93.3 Å². The quantitative estimate of drug-likeness (QED) is 0.239. The Labute approximate surface area is 222 Å². The molecule has 0 aliphatic rings. The van der Waals surface area contributed by atoms with Crippen molar-refractivity contribution in [2.24, 2.45) is 0 Å². The van der Waals surface area contributed by atoms with Gasteiger partial charge in [-0.15, -0.1) is 11.3 Å². The van der Waals surface area contributed by atoms with Gasteiger partial charge >= 0.3 is 0 Å². The normalized spacial score (nSPS) is 11.0. The molecule has 2 aromatic heterocycles. The van der Waals surface area contributed by atoms with E-state index in [2.05, 4.69) is 5.32 Å². The first-order chi connectivity index (χ1) is 17.4. The maximum absolute atomic E-state index is 13.3. The molecule has 1 amide bonds. The summed E-state index contributed by atoms with van der Waals surface area (Å²) in [4.78, 5) is 19.2. The number of halogens is 2. The number of methoxy groups -OCH3 is 1. The minimum absolute atomic E-state index is 0.271. The summed E-state index contributed by atoms with van der Waals surface area (Å²) in [6.07, 6.45) is 0. The SMILES string of the molecule is COc1ccc(-c2cc(-c3ccc(C)cc3)c3c(N)c(C(=O)Nc4cccc(Cl)c4Cl)sc3n2)cc1. The van der Waals surface area contributed by atoms with Gasteiger partial charge in [-0.25, -0.2) is 4.98 Å². The van der Waals surface area contributed by atoms with Gasteiger partial charge in [0.25, 0.3) is 5.91 Å². The van der Waals surface area contributed by atoms with Gasteiger partial charge in [-0.1, -0.05) is 59.1 Å². The van der Waals surface area contributed by atoms with Crippen LogP contribution in [0.2, 0.25) is 10.0 Å². The number of fused-ring (bicyclic) bond motifs is 1. The second-order valence-corrected chi connectivity index (χ2v) is 10.0. The summed E-state index contributed by atoms with van der Waals surface area (Å²) in [5.74, 6) is 0.387. The molecule has 0 atom stereocenters. The Kier molecular flexibility index (Phi) is 6.58. The smallest absolute Gasteiger partial charge is 0.267 e. The molecule has 3 N–H and O–H groups in total. The summed E-state index contributed by atoms with van der Waals surface area (Å²) in [6, 6.07) is 23.0. The molecule has 2 heterocycles. The van der Waals surface area contributed by atoms with Crippen LogP contribution < -0.4 is 15.8 Å². The average Bonchev–Trinajstić information content (AvgIpc) is 3.23. The van der Waals surface area contributed by atoms with Crippen molar-refractivity contribution < 1.29 is 9.53 Å². The van der Waals surface area contributed by atoms with E-state index in [1.807, 2.05) is 61.5 Å². The third-order valence-electron chi connectivity index (χ3n) is 5.85. The number of nitrogens with two attached hydrogens (primary N) is 1. The highest BCUT2D eigenvalue weighted by Gasteiger charge is 2.22. The molecule has 0 aliphatic heterocycles. The van der Waals surface area contributed by atoms with E-state index in [0.717, 1.165) is 39.1 Å². The van der Waals surface area contributed by atoms with Crippen LogP contribution in [-0.4, -0.2) is 18.0 Å². The highest BCUT2D eigenvalue weighted by molar-refractivity contribution is 7.21. The first-order valence-corrected chi connectivity index (χ1v) is 12.6.